The van der Waals surface area contributed by atoms with E-state index in [0.29, 0.717) is 22.1 Å². The number of rotatable bonds is 5. The standard InChI is InChI=1S/C13H15BrN2O2S2/c1-2-9-16(11-5-3-10(15)4-6-11)20(17,18)13-8-7-12(14)19-13/h3-8H,2,9,15H2,1H3. The van der Waals surface area contributed by atoms with Crippen molar-refractivity contribution >= 4 is 48.7 Å². The average Bonchev–Trinajstić information content (AvgIpc) is 2.84. The highest BCUT2D eigenvalue weighted by Gasteiger charge is 2.25. The number of halogens is 1. The smallest absolute Gasteiger partial charge is 0.273 e. The molecule has 0 saturated heterocycles. The van der Waals surface area contributed by atoms with Crippen molar-refractivity contribution in [1.29, 1.82) is 0 Å². The first-order chi connectivity index (χ1) is 9.45. The molecule has 0 aliphatic carbocycles. The van der Waals surface area contributed by atoms with Gasteiger partial charge in [-0.1, -0.05) is 6.92 Å². The Labute approximate surface area is 131 Å². The predicted octanol–water partition coefficient (Wildman–Crippen LogP) is 3.70. The Morgan fingerprint density at radius 2 is 1.85 bits per heavy atom. The highest BCUT2D eigenvalue weighted by molar-refractivity contribution is 9.11. The van der Waals surface area contributed by atoms with Gasteiger partial charge in [0.05, 0.1) is 9.47 Å². The number of nitrogen functional groups attached to an aromatic ring is 1. The van der Waals surface area contributed by atoms with Crippen LogP contribution >= 0.6 is 27.3 Å². The van der Waals surface area contributed by atoms with Gasteiger partial charge in [0.1, 0.15) is 4.21 Å². The van der Waals surface area contributed by atoms with Crippen molar-refractivity contribution in [3.05, 3.63) is 40.2 Å². The van der Waals surface area contributed by atoms with Crippen LogP contribution in [0.1, 0.15) is 13.3 Å². The molecule has 0 fully saturated rings. The van der Waals surface area contributed by atoms with Crippen LogP contribution in [0.25, 0.3) is 0 Å². The van der Waals surface area contributed by atoms with Gasteiger partial charge < -0.3 is 5.73 Å². The maximum Gasteiger partial charge on any atom is 0.273 e. The van der Waals surface area contributed by atoms with Gasteiger partial charge in [-0.2, -0.15) is 0 Å². The molecule has 1 heterocycles. The van der Waals surface area contributed by atoms with E-state index < -0.39 is 10.0 Å². The molecule has 7 heteroatoms. The molecule has 0 saturated carbocycles. The SMILES string of the molecule is CCCN(c1ccc(N)cc1)S(=O)(=O)c1ccc(Br)s1. The molecule has 20 heavy (non-hydrogen) atoms. The van der Waals surface area contributed by atoms with Crippen molar-refractivity contribution in [3.8, 4) is 0 Å². The third-order valence-electron chi connectivity index (χ3n) is 2.70. The molecule has 0 spiro atoms. The van der Waals surface area contributed by atoms with Crippen LogP contribution in [-0.4, -0.2) is 15.0 Å². The van der Waals surface area contributed by atoms with Crippen LogP contribution in [0, 0.1) is 0 Å². The van der Waals surface area contributed by atoms with Crippen molar-refractivity contribution < 1.29 is 8.42 Å². The van der Waals surface area contributed by atoms with E-state index in [4.69, 9.17) is 5.73 Å². The van der Waals surface area contributed by atoms with E-state index in [0.717, 1.165) is 10.2 Å². The number of hydrogen-bond acceptors (Lipinski definition) is 4. The Morgan fingerprint density at radius 3 is 2.35 bits per heavy atom. The van der Waals surface area contributed by atoms with Gasteiger partial charge in [0.25, 0.3) is 10.0 Å². The Balaban J connectivity index is 2.44. The summed E-state index contributed by atoms with van der Waals surface area (Å²) in [4.78, 5) is 0. The molecule has 2 rings (SSSR count). The molecule has 0 bridgehead atoms. The molecule has 108 valence electrons. The highest BCUT2D eigenvalue weighted by atomic mass is 79.9. The van der Waals surface area contributed by atoms with Crippen LogP contribution in [0.15, 0.2) is 44.4 Å². The fourth-order valence-electron chi connectivity index (χ4n) is 1.78. The molecular weight excluding hydrogens is 360 g/mol. The van der Waals surface area contributed by atoms with Gasteiger partial charge in [-0.15, -0.1) is 11.3 Å². The predicted molar refractivity (Wildman–Crippen MR) is 87.7 cm³/mol. The van der Waals surface area contributed by atoms with Crippen LogP contribution in [-0.2, 0) is 10.0 Å². The fraction of sp³-hybridized carbons (Fsp3) is 0.231. The summed E-state index contributed by atoms with van der Waals surface area (Å²) in [6.07, 6.45) is 0.732. The minimum atomic E-state index is -3.53. The Kier molecular flexibility index (Phi) is 4.72. The second kappa shape index (κ2) is 6.15. The number of anilines is 2. The second-order valence-corrected chi connectivity index (χ2v) is 8.78. The molecule has 0 aliphatic rings. The maximum atomic E-state index is 12.7. The molecule has 1 aromatic carbocycles. The van der Waals surface area contributed by atoms with Crippen LogP contribution in [0.2, 0.25) is 0 Å². The third-order valence-corrected chi connectivity index (χ3v) is 6.62. The molecule has 0 atom stereocenters. The maximum absolute atomic E-state index is 12.7. The first-order valence-corrected chi connectivity index (χ1v) is 9.13. The summed E-state index contributed by atoms with van der Waals surface area (Å²) in [6.45, 7) is 2.38. The first kappa shape index (κ1) is 15.3. The lowest BCUT2D eigenvalue weighted by molar-refractivity contribution is 0.592. The van der Waals surface area contributed by atoms with Gasteiger partial charge in [0.2, 0.25) is 0 Å². The number of thiophene rings is 1. The first-order valence-electron chi connectivity index (χ1n) is 6.08. The molecular formula is C13H15BrN2O2S2. The van der Waals surface area contributed by atoms with Gasteiger partial charge in [0, 0.05) is 12.2 Å². The Morgan fingerprint density at radius 1 is 1.20 bits per heavy atom. The Hall–Kier alpha value is -1.05. The summed E-state index contributed by atoms with van der Waals surface area (Å²) in [5.74, 6) is 0. The van der Waals surface area contributed by atoms with Crippen LogP contribution < -0.4 is 10.0 Å². The van der Waals surface area contributed by atoms with E-state index in [-0.39, 0.29) is 0 Å². The van der Waals surface area contributed by atoms with E-state index in [1.807, 2.05) is 6.92 Å². The van der Waals surface area contributed by atoms with E-state index in [2.05, 4.69) is 15.9 Å². The van der Waals surface area contributed by atoms with Crippen molar-refractivity contribution in [1.82, 2.24) is 0 Å². The lowest BCUT2D eigenvalue weighted by atomic mass is 10.3. The number of nitrogens with two attached hydrogens (primary N) is 1. The van der Waals surface area contributed by atoms with Crippen molar-refractivity contribution in [3.63, 3.8) is 0 Å². The molecule has 0 aliphatic heterocycles. The van der Waals surface area contributed by atoms with Crippen LogP contribution in [0.3, 0.4) is 0 Å². The largest absolute Gasteiger partial charge is 0.399 e. The van der Waals surface area contributed by atoms with E-state index in [9.17, 15) is 8.42 Å². The zero-order valence-electron chi connectivity index (χ0n) is 10.9. The number of nitrogens with zero attached hydrogens (tertiary/aromatic N) is 1. The molecule has 0 unspecified atom stereocenters. The van der Waals surface area contributed by atoms with Gasteiger partial charge in [-0.05, 0) is 58.7 Å². The summed E-state index contributed by atoms with van der Waals surface area (Å²) in [5, 5.41) is 0. The van der Waals surface area contributed by atoms with Crippen molar-refractivity contribution in [2.24, 2.45) is 0 Å². The van der Waals surface area contributed by atoms with Gasteiger partial charge in [-0.3, -0.25) is 4.31 Å². The Bertz CT molecular complexity index is 681. The minimum Gasteiger partial charge on any atom is -0.399 e. The molecule has 0 amide bonds. The van der Waals surface area contributed by atoms with E-state index in [1.54, 1.807) is 36.4 Å². The topological polar surface area (TPSA) is 63.4 Å². The number of sulfonamides is 1. The highest BCUT2D eigenvalue weighted by Crippen LogP contribution is 2.31. The van der Waals surface area contributed by atoms with E-state index in [1.165, 1.54) is 15.6 Å². The van der Waals surface area contributed by atoms with Gasteiger partial charge >= 0.3 is 0 Å². The summed E-state index contributed by atoms with van der Waals surface area (Å²) in [5.41, 5.74) is 6.89. The van der Waals surface area contributed by atoms with Gasteiger partial charge in [-0.25, -0.2) is 8.42 Å². The summed E-state index contributed by atoms with van der Waals surface area (Å²) in [7, 11) is -3.53. The van der Waals surface area contributed by atoms with Crippen molar-refractivity contribution in [2.75, 3.05) is 16.6 Å². The fourth-order valence-corrected chi connectivity index (χ4v) is 5.46. The normalized spacial score (nSPS) is 11.5. The second-order valence-electron chi connectivity index (χ2n) is 4.23. The zero-order chi connectivity index (χ0) is 14.8. The summed E-state index contributed by atoms with van der Waals surface area (Å²) >= 11 is 4.51. The van der Waals surface area contributed by atoms with E-state index >= 15 is 0 Å². The number of benzene rings is 1. The van der Waals surface area contributed by atoms with Crippen LogP contribution in [0.5, 0.6) is 0 Å². The molecule has 1 aromatic heterocycles. The summed E-state index contributed by atoms with van der Waals surface area (Å²) < 4.78 is 28.0. The molecule has 0 radical (unpaired) electrons. The quantitative estimate of drug-likeness (QED) is 0.811. The lowest BCUT2D eigenvalue weighted by Gasteiger charge is -2.23. The van der Waals surface area contributed by atoms with Crippen LogP contribution in [0.4, 0.5) is 11.4 Å². The molecule has 4 nitrogen and oxygen atoms in total. The molecule has 2 aromatic rings. The van der Waals surface area contributed by atoms with Gasteiger partial charge in [0.15, 0.2) is 0 Å². The van der Waals surface area contributed by atoms with Crippen molar-refractivity contribution in [2.45, 2.75) is 17.6 Å². The summed E-state index contributed by atoms with van der Waals surface area (Å²) in [6, 6.07) is 10.2. The third kappa shape index (κ3) is 3.16. The monoisotopic (exact) mass is 374 g/mol. The number of hydrogen-bond donors (Lipinski definition) is 1. The zero-order valence-corrected chi connectivity index (χ0v) is 14.1. The average molecular weight is 375 g/mol. The minimum absolute atomic E-state index is 0.328. The lowest BCUT2D eigenvalue weighted by Crippen LogP contribution is -2.31. The molecule has 2 N–H and O–H groups in total.